The number of carbonyl (C=O) groups excluding carboxylic acids is 2. The molecule has 0 bridgehead atoms. The van der Waals surface area contributed by atoms with Gasteiger partial charge in [-0.15, -0.1) is 0 Å². The Hall–Kier alpha value is -3.89. The number of ether oxygens (including phenoxy) is 2. The van der Waals surface area contributed by atoms with Gasteiger partial charge in [0.15, 0.2) is 5.75 Å². The third-order valence-corrected chi connectivity index (χ3v) is 3.72. The molecule has 0 saturated carbocycles. The number of carboxylic acids is 2. The van der Waals surface area contributed by atoms with Crippen LogP contribution in [-0.2, 0) is 10.9 Å². The van der Waals surface area contributed by atoms with Gasteiger partial charge in [-0.25, -0.2) is 19.2 Å². The molecule has 0 spiro atoms. The van der Waals surface area contributed by atoms with E-state index in [1.54, 1.807) is 0 Å². The van der Waals surface area contributed by atoms with Crippen LogP contribution in [0.5, 0.6) is 11.5 Å². The number of hydrogen-bond donors (Lipinski definition) is 2. The van der Waals surface area contributed by atoms with Gasteiger partial charge in [0, 0.05) is 0 Å². The molecule has 1 aliphatic heterocycles. The second-order valence-corrected chi connectivity index (χ2v) is 5.40. The molecule has 144 valence electrons. The van der Waals surface area contributed by atoms with Gasteiger partial charge in [-0.1, -0.05) is 18.2 Å². The van der Waals surface area contributed by atoms with E-state index in [-0.39, 0.29) is 5.75 Å². The molecule has 0 saturated heterocycles. The van der Waals surface area contributed by atoms with Crippen molar-refractivity contribution in [2.45, 2.75) is 6.18 Å². The van der Waals surface area contributed by atoms with Gasteiger partial charge in [0.2, 0.25) is 0 Å². The molecular weight excluding hydrogens is 389 g/mol. The Balaban J connectivity index is 2.52. The zero-order valence-corrected chi connectivity index (χ0v) is 13.4. The highest BCUT2D eigenvalue weighted by molar-refractivity contribution is 6.22. The summed E-state index contributed by atoms with van der Waals surface area (Å²) < 4.78 is 50.4. The maximum atomic E-state index is 13.7. The van der Waals surface area contributed by atoms with Crippen LogP contribution in [0.4, 0.5) is 13.2 Å². The first-order valence-corrected chi connectivity index (χ1v) is 7.31. The monoisotopic (exact) mass is 396 g/mol. The van der Waals surface area contributed by atoms with Crippen molar-refractivity contribution in [3.05, 3.63) is 58.1 Å². The van der Waals surface area contributed by atoms with Gasteiger partial charge in [0.05, 0.1) is 16.7 Å². The van der Waals surface area contributed by atoms with Crippen molar-refractivity contribution in [3.8, 4) is 11.5 Å². The molecule has 0 atom stereocenters. The Labute approximate surface area is 152 Å². The summed E-state index contributed by atoms with van der Waals surface area (Å²) in [5, 5.41) is 18.7. The Morgan fingerprint density at radius 1 is 0.893 bits per heavy atom. The Morgan fingerprint density at radius 2 is 1.43 bits per heavy atom. The fourth-order valence-electron chi connectivity index (χ4n) is 2.72. The van der Waals surface area contributed by atoms with Crippen LogP contribution in [0.1, 0.15) is 47.0 Å². The highest BCUT2D eigenvalue weighted by atomic mass is 19.4. The second-order valence-electron chi connectivity index (χ2n) is 5.40. The molecule has 1 aliphatic rings. The highest BCUT2D eigenvalue weighted by Crippen LogP contribution is 2.47. The largest absolute Gasteiger partial charge is 0.478 e. The average Bonchev–Trinajstić information content (AvgIpc) is 2.87. The molecule has 0 aromatic heterocycles. The van der Waals surface area contributed by atoms with E-state index in [0.29, 0.717) is 0 Å². The Bertz CT molecular complexity index is 1040. The fraction of sp³-hybridized carbons (Fsp3) is 0.0588. The first kappa shape index (κ1) is 18.9. The first-order chi connectivity index (χ1) is 13.0. The van der Waals surface area contributed by atoms with Crippen LogP contribution >= 0.6 is 0 Å². The summed E-state index contributed by atoms with van der Waals surface area (Å²) in [4.78, 5) is 46.9. The van der Waals surface area contributed by atoms with Gasteiger partial charge in [-0.05, 0) is 12.1 Å². The molecule has 0 fully saturated rings. The van der Waals surface area contributed by atoms with E-state index in [9.17, 15) is 42.6 Å². The molecule has 2 aromatic rings. The minimum absolute atomic E-state index is 0.260. The number of benzene rings is 2. The zero-order valence-electron chi connectivity index (χ0n) is 13.4. The predicted molar refractivity (Wildman–Crippen MR) is 81.6 cm³/mol. The van der Waals surface area contributed by atoms with Gasteiger partial charge in [-0.3, -0.25) is 0 Å². The second kappa shape index (κ2) is 6.37. The number of aromatic carboxylic acids is 2. The highest BCUT2D eigenvalue weighted by Gasteiger charge is 2.50. The lowest BCUT2D eigenvalue weighted by molar-refractivity contribution is -0.139. The zero-order chi connectivity index (χ0) is 20.8. The van der Waals surface area contributed by atoms with E-state index >= 15 is 0 Å². The summed E-state index contributed by atoms with van der Waals surface area (Å²) in [6.07, 6.45) is -5.38. The SMILES string of the molecule is O=C(O)c1c(Oc2ccccc2)c(C(F)(F)F)c2c(c1C(=O)O)C(=O)OC2=O. The molecule has 0 amide bonds. The van der Waals surface area contributed by atoms with E-state index in [4.69, 9.17) is 4.74 Å². The number of esters is 2. The van der Waals surface area contributed by atoms with Crippen molar-refractivity contribution in [3.63, 3.8) is 0 Å². The number of cyclic esters (lactones) is 2. The van der Waals surface area contributed by atoms with Crippen LogP contribution in [0.2, 0.25) is 0 Å². The summed E-state index contributed by atoms with van der Waals surface area (Å²) in [5.74, 6) is -9.31. The number of hydrogen-bond acceptors (Lipinski definition) is 6. The number of rotatable bonds is 4. The molecule has 2 N–H and O–H groups in total. The maximum absolute atomic E-state index is 13.7. The van der Waals surface area contributed by atoms with Crippen molar-refractivity contribution < 1.29 is 52.0 Å². The molecule has 28 heavy (non-hydrogen) atoms. The van der Waals surface area contributed by atoms with E-state index in [1.165, 1.54) is 30.3 Å². The van der Waals surface area contributed by atoms with Crippen LogP contribution < -0.4 is 4.74 Å². The smallest absolute Gasteiger partial charge is 0.420 e. The molecule has 1 heterocycles. The minimum atomic E-state index is -5.38. The van der Waals surface area contributed by atoms with Crippen molar-refractivity contribution in [1.29, 1.82) is 0 Å². The Kier molecular flexibility index (Phi) is 4.30. The van der Waals surface area contributed by atoms with Crippen LogP contribution in [-0.4, -0.2) is 34.1 Å². The van der Waals surface area contributed by atoms with Crippen LogP contribution in [0, 0.1) is 0 Å². The molecule has 0 unspecified atom stereocenters. The summed E-state index contributed by atoms with van der Waals surface area (Å²) in [5.41, 5.74) is -7.38. The first-order valence-electron chi connectivity index (χ1n) is 7.31. The summed E-state index contributed by atoms with van der Waals surface area (Å²) >= 11 is 0. The summed E-state index contributed by atoms with van der Waals surface area (Å²) in [7, 11) is 0. The fourth-order valence-corrected chi connectivity index (χ4v) is 2.72. The normalized spacial score (nSPS) is 13.1. The van der Waals surface area contributed by atoms with E-state index < -0.39 is 63.6 Å². The quantitative estimate of drug-likeness (QED) is 0.596. The lowest BCUT2D eigenvalue weighted by Crippen LogP contribution is -2.21. The van der Waals surface area contributed by atoms with Gasteiger partial charge < -0.3 is 19.7 Å². The van der Waals surface area contributed by atoms with E-state index in [1.807, 2.05) is 0 Å². The number of carbonyl (C=O) groups is 4. The van der Waals surface area contributed by atoms with Crippen LogP contribution in [0.3, 0.4) is 0 Å². The Morgan fingerprint density at radius 3 is 1.93 bits per heavy atom. The standard InChI is InChI=1S/C17H7F3O8/c18-17(19,20)11-9-8(15(25)28-16(9)26)7(13(21)22)10(14(23)24)12(11)27-6-4-2-1-3-5-6/h1-5H,(H,21,22)(H,23,24). The number of alkyl halides is 3. The van der Waals surface area contributed by atoms with Gasteiger partial charge in [-0.2, -0.15) is 13.2 Å². The van der Waals surface area contributed by atoms with Crippen molar-refractivity contribution in [2.24, 2.45) is 0 Å². The van der Waals surface area contributed by atoms with Crippen molar-refractivity contribution in [1.82, 2.24) is 0 Å². The molecule has 8 nitrogen and oxygen atoms in total. The maximum Gasteiger partial charge on any atom is 0.420 e. The third kappa shape index (κ3) is 2.92. The van der Waals surface area contributed by atoms with Gasteiger partial charge >= 0.3 is 30.1 Å². The molecule has 0 aliphatic carbocycles. The minimum Gasteiger partial charge on any atom is -0.478 e. The number of para-hydroxylation sites is 1. The van der Waals surface area contributed by atoms with Crippen molar-refractivity contribution in [2.75, 3.05) is 0 Å². The van der Waals surface area contributed by atoms with Crippen molar-refractivity contribution >= 4 is 23.9 Å². The van der Waals surface area contributed by atoms with Crippen LogP contribution in [0.25, 0.3) is 0 Å². The topological polar surface area (TPSA) is 127 Å². The van der Waals surface area contributed by atoms with Gasteiger partial charge in [0.1, 0.15) is 16.9 Å². The van der Waals surface area contributed by atoms with E-state index in [2.05, 4.69) is 4.74 Å². The number of fused-ring (bicyclic) bond motifs is 1. The lowest BCUT2D eigenvalue weighted by Gasteiger charge is -2.19. The summed E-state index contributed by atoms with van der Waals surface area (Å²) in [6.45, 7) is 0. The lowest BCUT2D eigenvalue weighted by atomic mass is 9.90. The summed E-state index contributed by atoms with van der Waals surface area (Å²) in [6, 6.07) is 6.60. The predicted octanol–water partition coefficient (Wildman–Crippen LogP) is 3.20. The molecule has 0 radical (unpaired) electrons. The average molecular weight is 396 g/mol. The van der Waals surface area contributed by atoms with Crippen LogP contribution in [0.15, 0.2) is 30.3 Å². The third-order valence-electron chi connectivity index (χ3n) is 3.72. The molecule has 2 aromatic carbocycles. The number of carboxylic acid groups (broad SMARTS) is 2. The molecule has 11 heteroatoms. The van der Waals surface area contributed by atoms with E-state index in [0.717, 1.165) is 0 Å². The molecular formula is C17H7F3O8. The number of halogens is 3. The van der Waals surface area contributed by atoms with Gasteiger partial charge in [0.25, 0.3) is 0 Å². The molecule has 3 rings (SSSR count).